The van der Waals surface area contributed by atoms with Crippen molar-refractivity contribution in [3.05, 3.63) is 41.3 Å². The lowest BCUT2D eigenvalue weighted by atomic mass is 10.1. The molecule has 0 spiro atoms. The van der Waals surface area contributed by atoms with Gasteiger partial charge in [-0.3, -0.25) is 4.79 Å². The number of carbonyl (C=O) groups is 1. The number of hydrogen-bond donors (Lipinski definition) is 0. The fourth-order valence-corrected chi connectivity index (χ4v) is 3.63. The molecule has 1 aromatic carbocycles. The molecule has 0 saturated heterocycles. The molecule has 2 aromatic rings. The van der Waals surface area contributed by atoms with E-state index < -0.39 is 9.84 Å². The number of thiophene rings is 1. The van der Waals surface area contributed by atoms with E-state index in [1.807, 2.05) is 0 Å². The topological polar surface area (TPSA) is 51.2 Å². The Bertz CT molecular complexity index is 637. The van der Waals surface area contributed by atoms with Crippen LogP contribution in [0.15, 0.2) is 39.9 Å². The van der Waals surface area contributed by atoms with E-state index >= 15 is 0 Å². The second kappa shape index (κ2) is 4.43. The molecule has 1 aromatic heterocycles. The van der Waals surface area contributed by atoms with E-state index in [-0.39, 0.29) is 0 Å². The number of carbonyl (C=O) groups excluding carboxylic acids is 1. The summed E-state index contributed by atoms with van der Waals surface area (Å²) in [4.78, 5) is 10.5. The van der Waals surface area contributed by atoms with Gasteiger partial charge in [0.15, 0.2) is 9.84 Å². The highest BCUT2D eigenvalue weighted by atomic mass is 32.2. The van der Waals surface area contributed by atoms with Gasteiger partial charge in [0.05, 0.1) is 0 Å². The lowest BCUT2D eigenvalue weighted by Crippen LogP contribution is -1.95. The SMILES string of the molecule is CS(=O)(=O)c1sccc1-c1ccc(C=O)cc1. The van der Waals surface area contributed by atoms with Crippen LogP contribution in [0.1, 0.15) is 10.4 Å². The van der Waals surface area contributed by atoms with Gasteiger partial charge in [-0.2, -0.15) is 0 Å². The van der Waals surface area contributed by atoms with Gasteiger partial charge in [-0.05, 0) is 17.0 Å². The molecule has 1 heterocycles. The fourth-order valence-electron chi connectivity index (χ4n) is 1.54. The van der Waals surface area contributed by atoms with Gasteiger partial charge < -0.3 is 0 Å². The summed E-state index contributed by atoms with van der Waals surface area (Å²) < 4.78 is 23.5. The fraction of sp³-hybridized carbons (Fsp3) is 0.0833. The Morgan fingerprint density at radius 1 is 1.12 bits per heavy atom. The minimum absolute atomic E-state index is 0.358. The highest BCUT2D eigenvalue weighted by Gasteiger charge is 2.15. The number of aldehydes is 1. The van der Waals surface area contributed by atoms with Crippen LogP contribution in [-0.2, 0) is 9.84 Å². The summed E-state index contributed by atoms with van der Waals surface area (Å²) in [7, 11) is -3.20. The van der Waals surface area contributed by atoms with Crippen molar-refractivity contribution in [3.8, 4) is 11.1 Å². The summed E-state index contributed by atoms with van der Waals surface area (Å²) in [6.07, 6.45) is 1.96. The summed E-state index contributed by atoms with van der Waals surface area (Å²) in [6.45, 7) is 0. The van der Waals surface area contributed by atoms with Crippen LogP contribution in [0.2, 0.25) is 0 Å². The van der Waals surface area contributed by atoms with Gasteiger partial charge in [0.2, 0.25) is 0 Å². The number of sulfone groups is 1. The maximum atomic E-state index is 11.6. The first-order valence-electron chi connectivity index (χ1n) is 4.85. The van der Waals surface area contributed by atoms with Gasteiger partial charge in [0.25, 0.3) is 0 Å². The predicted octanol–water partition coefficient (Wildman–Crippen LogP) is 2.63. The van der Waals surface area contributed by atoms with E-state index in [0.29, 0.717) is 15.3 Å². The van der Waals surface area contributed by atoms with Crippen LogP contribution >= 0.6 is 11.3 Å². The zero-order valence-electron chi connectivity index (χ0n) is 9.08. The summed E-state index contributed by atoms with van der Waals surface area (Å²) in [5.41, 5.74) is 2.07. The standard InChI is InChI=1S/C12H10O3S2/c1-17(14,15)12-11(6-7-16-12)10-4-2-9(8-13)3-5-10/h2-8H,1H3. The van der Waals surface area contributed by atoms with Crippen molar-refractivity contribution >= 4 is 27.5 Å². The third-order valence-corrected chi connectivity index (χ3v) is 5.12. The van der Waals surface area contributed by atoms with Gasteiger partial charge in [0, 0.05) is 17.4 Å². The lowest BCUT2D eigenvalue weighted by molar-refractivity contribution is 0.112. The highest BCUT2D eigenvalue weighted by Crippen LogP contribution is 2.31. The predicted molar refractivity (Wildman–Crippen MR) is 68.3 cm³/mol. The van der Waals surface area contributed by atoms with E-state index in [9.17, 15) is 13.2 Å². The average Bonchev–Trinajstić information content (AvgIpc) is 2.78. The molecule has 0 aliphatic carbocycles. The van der Waals surface area contributed by atoms with Gasteiger partial charge in [0.1, 0.15) is 10.5 Å². The molecule has 0 radical (unpaired) electrons. The summed E-state index contributed by atoms with van der Waals surface area (Å²) in [5, 5.41) is 1.75. The second-order valence-electron chi connectivity index (χ2n) is 3.63. The van der Waals surface area contributed by atoms with Crippen LogP contribution in [0.3, 0.4) is 0 Å². The van der Waals surface area contributed by atoms with Gasteiger partial charge in [-0.1, -0.05) is 24.3 Å². The van der Waals surface area contributed by atoms with Crippen molar-refractivity contribution in [2.75, 3.05) is 6.26 Å². The second-order valence-corrected chi connectivity index (χ2v) is 6.76. The van der Waals surface area contributed by atoms with Gasteiger partial charge in [-0.15, -0.1) is 11.3 Å². The van der Waals surface area contributed by atoms with Crippen molar-refractivity contribution in [2.45, 2.75) is 4.21 Å². The molecule has 2 rings (SSSR count). The molecule has 0 aliphatic heterocycles. The van der Waals surface area contributed by atoms with E-state index in [1.165, 1.54) is 17.6 Å². The number of hydrogen-bond acceptors (Lipinski definition) is 4. The number of benzene rings is 1. The maximum absolute atomic E-state index is 11.6. The van der Waals surface area contributed by atoms with Crippen LogP contribution in [0.25, 0.3) is 11.1 Å². The first kappa shape index (κ1) is 12.0. The van der Waals surface area contributed by atoms with Crippen LogP contribution < -0.4 is 0 Å². The quantitative estimate of drug-likeness (QED) is 0.802. The Hall–Kier alpha value is -1.46. The summed E-state index contributed by atoms with van der Waals surface area (Å²) in [6, 6.07) is 8.62. The van der Waals surface area contributed by atoms with Crippen LogP contribution in [0, 0.1) is 0 Å². The average molecular weight is 266 g/mol. The Morgan fingerprint density at radius 2 is 1.76 bits per heavy atom. The molecule has 17 heavy (non-hydrogen) atoms. The maximum Gasteiger partial charge on any atom is 0.185 e. The van der Waals surface area contributed by atoms with Crippen LogP contribution in [0.4, 0.5) is 0 Å². The van der Waals surface area contributed by atoms with Crippen molar-refractivity contribution in [2.24, 2.45) is 0 Å². The van der Waals surface area contributed by atoms with Gasteiger partial charge >= 0.3 is 0 Å². The van der Waals surface area contributed by atoms with E-state index in [4.69, 9.17) is 0 Å². The van der Waals surface area contributed by atoms with Crippen molar-refractivity contribution in [1.29, 1.82) is 0 Å². The lowest BCUT2D eigenvalue weighted by Gasteiger charge is -2.02. The van der Waals surface area contributed by atoms with E-state index in [2.05, 4.69) is 0 Å². The monoisotopic (exact) mass is 266 g/mol. The van der Waals surface area contributed by atoms with E-state index in [0.717, 1.165) is 11.8 Å². The van der Waals surface area contributed by atoms with Crippen LogP contribution in [-0.4, -0.2) is 21.0 Å². The summed E-state index contributed by atoms with van der Waals surface area (Å²) >= 11 is 1.20. The molecule has 0 amide bonds. The molecule has 0 fully saturated rings. The minimum Gasteiger partial charge on any atom is -0.298 e. The molecular weight excluding hydrogens is 256 g/mol. The molecular formula is C12H10O3S2. The molecule has 0 aliphatic rings. The third kappa shape index (κ3) is 2.45. The van der Waals surface area contributed by atoms with Crippen molar-refractivity contribution < 1.29 is 13.2 Å². The first-order chi connectivity index (χ1) is 8.02. The smallest absolute Gasteiger partial charge is 0.185 e. The molecule has 0 unspecified atom stereocenters. The van der Waals surface area contributed by atoms with Crippen molar-refractivity contribution in [3.63, 3.8) is 0 Å². The molecule has 0 bridgehead atoms. The molecule has 0 saturated carbocycles. The summed E-state index contributed by atoms with van der Waals surface area (Å²) in [5.74, 6) is 0. The Balaban J connectivity index is 2.54. The zero-order chi connectivity index (χ0) is 12.5. The minimum atomic E-state index is -3.20. The van der Waals surface area contributed by atoms with Crippen molar-refractivity contribution in [1.82, 2.24) is 0 Å². The number of rotatable bonds is 3. The Labute approximate surface area is 104 Å². The largest absolute Gasteiger partial charge is 0.298 e. The van der Waals surface area contributed by atoms with Gasteiger partial charge in [-0.25, -0.2) is 8.42 Å². The Kier molecular flexibility index (Phi) is 3.13. The molecule has 5 heteroatoms. The van der Waals surface area contributed by atoms with Crippen LogP contribution in [0.5, 0.6) is 0 Å². The highest BCUT2D eigenvalue weighted by molar-refractivity contribution is 7.92. The molecule has 88 valence electrons. The molecule has 3 nitrogen and oxygen atoms in total. The normalized spacial score (nSPS) is 11.4. The Morgan fingerprint density at radius 3 is 2.29 bits per heavy atom. The molecule has 0 N–H and O–H groups in total. The zero-order valence-corrected chi connectivity index (χ0v) is 10.7. The first-order valence-corrected chi connectivity index (χ1v) is 7.62. The molecule has 0 atom stereocenters. The third-order valence-electron chi connectivity index (χ3n) is 2.32. The van der Waals surface area contributed by atoms with E-state index in [1.54, 1.807) is 35.7 Å².